The number of hydrogen-bond acceptors (Lipinski definition) is 3. The number of sulfonamides is 1. The first-order chi connectivity index (χ1) is 12.2. The predicted octanol–water partition coefficient (Wildman–Crippen LogP) is 3.28. The predicted molar refractivity (Wildman–Crippen MR) is 104 cm³/mol. The second-order valence-electron chi connectivity index (χ2n) is 6.24. The normalized spacial score (nSPS) is 11.4. The molecule has 0 aliphatic carbocycles. The van der Waals surface area contributed by atoms with Gasteiger partial charge in [0.1, 0.15) is 0 Å². The van der Waals surface area contributed by atoms with E-state index in [0.717, 1.165) is 11.1 Å². The lowest BCUT2D eigenvalue weighted by atomic mass is 10.1. The average Bonchev–Trinajstić information content (AvgIpc) is 2.56. The average molecular weight is 395 g/mol. The molecule has 140 valence electrons. The summed E-state index contributed by atoms with van der Waals surface area (Å²) in [6.45, 7) is 6.08. The van der Waals surface area contributed by atoms with E-state index in [1.54, 1.807) is 17.9 Å². The van der Waals surface area contributed by atoms with Crippen LogP contribution in [-0.4, -0.2) is 32.3 Å². The van der Waals surface area contributed by atoms with Crippen molar-refractivity contribution in [3.63, 3.8) is 0 Å². The van der Waals surface area contributed by atoms with Crippen LogP contribution in [0.4, 0.5) is 0 Å². The summed E-state index contributed by atoms with van der Waals surface area (Å²) in [5.41, 5.74) is 2.82. The van der Waals surface area contributed by atoms with Crippen molar-refractivity contribution in [3.05, 3.63) is 64.2 Å². The summed E-state index contributed by atoms with van der Waals surface area (Å²) in [5, 5.41) is 0.518. The Bertz CT molecular complexity index is 897. The van der Waals surface area contributed by atoms with Gasteiger partial charge >= 0.3 is 0 Å². The third-order valence-corrected chi connectivity index (χ3v) is 5.90. The topological polar surface area (TPSA) is 66.5 Å². The fraction of sp³-hybridized carbons (Fsp3) is 0.316. The molecule has 2 rings (SSSR count). The number of hydrogen-bond donors (Lipinski definition) is 1. The Labute approximate surface area is 160 Å². The van der Waals surface area contributed by atoms with Crippen molar-refractivity contribution in [1.29, 1.82) is 0 Å². The zero-order chi connectivity index (χ0) is 19.3. The molecule has 0 aliphatic heterocycles. The molecule has 7 heteroatoms. The number of halogens is 1. The van der Waals surface area contributed by atoms with E-state index in [-0.39, 0.29) is 23.9 Å². The summed E-state index contributed by atoms with van der Waals surface area (Å²) in [4.78, 5) is 13.7. The van der Waals surface area contributed by atoms with Crippen LogP contribution in [0.2, 0.25) is 5.02 Å². The van der Waals surface area contributed by atoms with Crippen LogP contribution in [0.1, 0.15) is 23.6 Å². The van der Waals surface area contributed by atoms with Crippen molar-refractivity contribution in [3.8, 4) is 0 Å². The summed E-state index contributed by atoms with van der Waals surface area (Å²) < 4.78 is 27.3. The molecule has 1 amide bonds. The fourth-order valence-electron chi connectivity index (χ4n) is 2.56. The summed E-state index contributed by atoms with van der Waals surface area (Å²) in [5.74, 6) is -0.104. The number of amides is 1. The quantitative estimate of drug-likeness (QED) is 0.783. The van der Waals surface area contributed by atoms with Crippen LogP contribution in [0.3, 0.4) is 0 Å². The zero-order valence-corrected chi connectivity index (χ0v) is 16.7. The lowest BCUT2D eigenvalue weighted by molar-refractivity contribution is -0.129. The van der Waals surface area contributed by atoms with E-state index in [2.05, 4.69) is 4.72 Å². The Morgan fingerprint density at radius 3 is 2.50 bits per heavy atom. The maximum absolute atomic E-state index is 12.4. The number of benzene rings is 2. The summed E-state index contributed by atoms with van der Waals surface area (Å²) in [7, 11) is -3.65. The van der Waals surface area contributed by atoms with Gasteiger partial charge in [-0.25, -0.2) is 13.1 Å². The molecule has 0 atom stereocenters. The highest BCUT2D eigenvalue weighted by Gasteiger charge is 2.16. The Morgan fingerprint density at radius 1 is 1.15 bits per heavy atom. The second kappa shape index (κ2) is 8.66. The molecular formula is C19H23ClN2O3S. The highest BCUT2D eigenvalue weighted by atomic mass is 35.5. The first-order valence-corrected chi connectivity index (χ1v) is 10.1. The van der Waals surface area contributed by atoms with Crippen LogP contribution in [0.25, 0.3) is 0 Å². The summed E-state index contributed by atoms with van der Waals surface area (Å²) in [6, 6.07) is 12.4. The van der Waals surface area contributed by atoms with Gasteiger partial charge in [-0.1, -0.05) is 41.4 Å². The van der Waals surface area contributed by atoms with Crippen molar-refractivity contribution in [2.24, 2.45) is 0 Å². The van der Waals surface area contributed by atoms with Crippen molar-refractivity contribution in [1.82, 2.24) is 9.62 Å². The molecule has 0 spiro atoms. The van der Waals surface area contributed by atoms with Gasteiger partial charge in [-0.2, -0.15) is 0 Å². The number of aryl methyl sites for hydroxylation is 2. The molecule has 0 unspecified atom stereocenters. The molecule has 1 N–H and O–H groups in total. The monoisotopic (exact) mass is 394 g/mol. The second-order valence-corrected chi connectivity index (χ2v) is 8.41. The maximum atomic E-state index is 12.4. The fourth-order valence-corrected chi connectivity index (χ4v) is 3.78. The number of rotatable bonds is 7. The SMILES string of the molecule is CC(=O)N(CCNS(=O)(=O)c1ccc(Cl)c(C)c1)Cc1cccc(C)c1. The molecule has 26 heavy (non-hydrogen) atoms. The maximum Gasteiger partial charge on any atom is 0.240 e. The molecule has 0 saturated carbocycles. The van der Waals surface area contributed by atoms with E-state index < -0.39 is 10.0 Å². The number of nitrogens with one attached hydrogen (secondary N) is 1. The van der Waals surface area contributed by atoms with Crippen molar-refractivity contribution in [2.45, 2.75) is 32.2 Å². The van der Waals surface area contributed by atoms with E-state index in [9.17, 15) is 13.2 Å². The third-order valence-electron chi connectivity index (χ3n) is 4.01. The van der Waals surface area contributed by atoms with Crippen molar-refractivity contribution in [2.75, 3.05) is 13.1 Å². The first-order valence-electron chi connectivity index (χ1n) is 8.26. The summed E-state index contributed by atoms with van der Waals surface area (Å²) in [6.07, 6.45) is 0. The van der Waals surface area contributed by atoms with Gasteiger partial charge in [0.2, 0.25) is 15.9 Å². The minimum Gasteiger partial charge on any atom is -0.337 e. The summed E-state index contributed by atoms with van der Waals surface area (Å²) >= 11 is 5.94. The minimum atomic E-state index is -3.65. The Kier molecular flexibility index (Phi) is 6.81. The molecule has 0 radical (unpaired) electrons. The van der Waals surface area contributed by atoms with Crippen LogP contribution in [0.15, 0.2) is 47.4 Å². The van der Waals surface area contributed by atoms with E-state index in [1.165, 1.54) is 19.1 Å². The molecule has 0 saturated heterocycles. The molecule has 0 bridgehead atoms. The van der Waals surface area contributed by atoms with Gasteiger partial charge in [0.25, 0.3) is 0 Å². The van der Waals surface area contributed by atoms with Gasteiger partial charge in [-0.3, -0.25) is 4.79 Å². The van der Waals surface area contributed by atoms with Gasteiger partial charge in [0.15, 0.2) is 0 Å². The van der Waals surface area contributed by atoms with Gasteiger partial charge in [-0.15, -0.1) is 0 Å². The van der Waals surface area contributed by atoms with Gasteiger partial charge in [-0.05, 0) is 43.2 Å². The third kappa shape index (κ3) is 5.56. The van der Waals surface area contributed by atoms with E-state index >= 15 is 0 Å². The molecule has 0 heterocycles. The largest absolute Gasteiger partial charge is 0.337 e. The lowest BCUT2D eigenvalue weighted by Crippen LogP contribution is -2.37. The van der Waals surface area contributed by atoms with Gasteiger partial charge in [0.05, 0.1) is 4.90 Å². The van der Waals surface area contributed by atoms with E-state index in [1.807, 2.05) is 31.2 Å². The number of carbonyl (C=O) groups is 1. The van der Waals surface area contributed by atoms with Gasteiger partial charge < -0.3 is 4.90 Å². The van der Waals surface area contributed by atoms with E-state index in [4.69, 9.17) is 11.6 Å². The molecule has 0 aliphatic rings. The van der Waals surface area contributed by atoms with E-state index in [0.29, 0.717) is 17.1 Å². The molecule has 5 nitrogen and oxygen atoms in total. The highest BCUT2D eigenvalue weighted by molar-refractivity contribution is 7.89. The molecule has 2 aromatic carbocycles. The zero-order valence-electron chi connectivity index (χ0n) is 15.1. The smallest absolute Gasteiger partial charge is 0.240 e. The van der Waals surface area contributed by atoms with Crippen LogP contribution in [0.5, 0.6) is 0 Å². The number of carbonyl (C=O) groups excluding carboxylic acids is 1. The lowest BCUT2D eigenvalue weighted by Gasteiger charge is -2.21. The Balaban J connectivity index is 2.00. The van der Waals surface area contributed by atoms with Crippen LogP contribution < -0.4 is 4.72 Å². The molecular weight excluding hydrogens is 372 g/mol. The molecule has 2 aromatic rings. The van der Waals surface area contributed by atoms with Crippen LogP contribution in [-0.2, 0) is 21.4 Å². The van der Waals surface area contributed by atoms with Crippen LogP contribution in [0, 0.1) is 13.8 Å². The minimum absolute atomic E-state index is 0.104. The van der Waals surface area contributed by atoms with Crippen LogP contribution >= 0.6 is 11.6 Å². The Morgan fingerprint density at radius 2 is 1.88 bits per heavy atom. The standard InChI is InChI=1S/C19H23ClN2O3S/c1-14-5-4-6-17(11-14)13-22(16(3)23)10-9-21-26(24,25)18-7-8-19(20)15(2)12-18/h4-8,11-12,21H,9-10,13H2,1-3H3. The molecule has 0 fully saturated rings. The Hall–Kier alpha value is -1.89. The first kappa shape index (κ1) is 20.4. The number of nitrogens with zero attached hydrogens (tertiary/aromatic N) is 1. The van der Waals surface area contributed by atoms with Gasteiger partial charge in [0, 0.05) is 31.6 Å². The molecule has 0 aromatic heterocycles. The van der Waals surface area contributed by atoms with Crippen molar-refractivity contribution >= 4 is 27.5 Å². The van der Waals surface area contributed by atoms with Crippen molar-refractivity contribution < 1.29 is 13.2 Å². The highest BCUT2D eigenvalue weighted by Crippen LogP contribution is 2.19.